The molecule has 0 radical (unpaired) electrons. The second-order valence-corrected chi connectivity index (χ2v) is 5.46. The molecule has 3 rings (SSSR count). The van der Waals surface area contributed by atoms with Gasteiger partial charge in [-0.25, -0.2) is 14.4 Å². The molecule has 22 heavy (non-hydrogen) atoms. The van der Waals surface area contributed by atoms with Crippen molar-refractivity contribution in [3.63, 3.8) is 0 Å². The molecule has 1 saturated heterocycles. The third-order valence-corrected chi connectivity index (χ3v) is 3.76. The second kappa shape index (κ2) is 6.27. The summed E-state index contributed by atoms with van der Waals surface area (Å²) in [7, 11) is 0. The zero-order valence-corrected chi connectivity index (χ0v) is 12.5. The summed E-state index contributed by atoms with van der Waals surface area (Å²) >= 11 is 5.67. The summed E-state index contributed by atoms with van der Waals surface area (Å²) in [5.74, 6) is -0.281. The molecular weight excluding hydrogens is 307 g/mol. The largest absolute Gasteiger partial charge is 0.341 e. The first-order valence-corrected chi connectivity index (χ1v) is 7.35. The van der Waals surface area contributed by atoms with Crippen molar-refractivity contribution >= 4 is 29.1 Å². The molecule has 7 heteroatoms. The number of nitrogens with one attached hydrogen (secondary N) is 1. The quantitative estimate of drug-likeness (QED) is 0.944. The van der Waals surface area contributed by atoms with Gasteiger partial charge in [0, 0.05) is 18.7 Å². The van der Waals surface area contributed by atoms with Gasteiger partial charge in [-0.1, -0.05) is 11.6 Å². The molecule has 0 aliphatic carbocycles. The van der Waals surface area contributed by atoms with Crippen molar-refractivity contribution in [3.05, 3.63) is 47.0 Å². The number of hydrogen-bond acceptors (Lipinski definition) is 4. The molecule has 0 bridgehead atoms. The molecule has 1 aliphatic heterocycles. The smallest absolute Gasteiger partial charge is 0.255 e. The van der Waals surface area contributed by atoms with Gasteiger partial charge in [0.25, 0.3) is 5.91 Å². The fourth-order valence-electron chi connectivity index (χ4n) is 2.31. The lowest BCUT2D eigenvalue weighted by Crippen LogP contribution is -2.20. The van der Waals surface area contributed by atoms with Crippen LogP contribution in [0.3, 0.4) is 0 Å². The van der Waals surface area contributed by atoms with Crippen LogP contribution in [0.1, 0.15) is 23.2 Å². The van der Waals surface area contributed by atoms with Crippen molar-refractivity contribution < 1.29 is 9.18 Å². The van der Waals surface area contributed by atoms with Crippen LogP contribution in [0.15, 0.2) is 30.6 Å². The Morgan fingerprint density at radius 2 is 1.91 bits per heavy atom. The van der Waals surface area contributed by atoms with Gasteiger partial charge in [0.1, 0.15) is 5.82 Å². The lowest BCUT2D eigenvalue weighted by Gasteiger charge is -2.14. The van der Waals surface area contributed by atoms with Crippen LogP contribution >= 0.6 is 11.6 Å². The molecule has 2 aromatic rings. The zero-order chi connectivity index (χ0) is 15.5. The molecule has 1 N–H and O–H groups in total. The Kier molecular flexibility index (Phi) is 4.20. The Bertz CT molecular complexity index is 686. The minimum atomic E-state index is -0.559. The fourth-order valence-corrected chi connectivity index (χ4v) is 2.49. The molecule has 5 nitrogen and oxygen atoms in total. The predicted octanol–water partition coefficient (Wildman–Crippen LogP) is 3.12. The van der Waals surface area contributed by atoms with E-state index >= 15 is 0 Å². The first-order valence-electron chi connectivity index (χ1n) is 6.97. The Hall–Kier alpha value is -2.21. The number of nitrogens with zero attached hydrogens (tertiary/aromatic N) is 3. The van der Waals surface area contributed by atoms with Gasteiger partial charge in [-0.15, -0.1) is 0 Å². The van der Waals surface area contributed by atoms with Gasteiger partial charge in [-0.05, 0) is 31.0 Å². The maximum absolute atomic E-state index is 13.1. The number of carbonyl (C=O) groups excluding carboxylic acids is 1. The van der Waals surface area contributed by atoms with E-state index in [1.165, 1.54) is 12.1 Å². The number of benzene rings is 1. The Morgan fingerprint density at radius 3 is 2.55 bits per heavy atom. The molecule has 0 saturated carbocycles. The van der Waals surface area contributed by atoms with Gasteiger partial charge in [0.2, 0.25) is 5.95 Å². The number of rotatable bonds is 3. The van der Waals surface area contributed by atoms with Crippen LogP contribution in [-0.2, 0) is 0 Å². The predicted molar refractivity (Wildman–Crippen MR) is 82.8 cm³/mol. The standard InChI is InChI=1S/C15H14ClFN4O/c16-12-7-10(3-4-13(12)17)14(22)20-11-8-18-15(19-9-11)21-5-1-2-6-21/h3-4,7-9H,1-2,5-6H2,(H,20,22). The van der Waals surface area contributed by atoms with E-state index in [-0.39, 0.29) is 16.5 Å². The average Bonchev–Trinajstić information content (AvgIpc) is 3.05. The van der Waals surface area contributed by atoms with Crippen LogP contribution in [0.5, 0.6) is 0 Å². The normalized spacial score (nSPS) is 14.2. The summed E-state index contributed by atoms with van der Waals surface area (Å²) in [6, 6.07) is 3.81. The van der Waals surface area contributed by atoms with E-state index in [1.54, 1.807) is 12.4 Å². The minimum absolute atomic E-state index is 0.0896. The van der Waals surface area contributed by atoms with Crippen LogP contribution in [0.2, 0.25) is 5.02 Å². The van der Waals surface area contributed by atoms with Crippen molar-refractivity contribution in [1.82, 2.24) is 9.97 Å². The van der Waals surface area contributed by atoms with Crippen molar-refractivity contribution in [1.29, 1.82) is 0 Å². The minimum Gasteiger partial charge on any atom is -0.341 e. The topological polar surface area (TPSA) is 58.1 Å². The Morgan fingerprint density at radius 1 is 1.23 bits per heavy atom. The van der Waals surface area contributed by atoms with E-state index in [9.17, 15) is 9.18 Å². The van der Waals surface area contributed by atoms with Gasteiger partial charge in [-0.2, -0.15) is 0 Å². The Balaban J connectivity index is 1.69. The molecule has 0 spiro atoms. The summed E-state index contributed by atoms with van der Waals surface area (Å²) in [6.45, 7) is 1.92. The summed E-state index contributed by atoms with van der Waals surface area (Å²) < 4.78 is 13.1. The number of aromatic nitrogens is 2. The zero-order valence-electron chi connectivity index (χ0n) is 11.7. The summed E-state index contributed by atoms with van der Waals surface area (Å²) in [4.78, 5) is 22.7. The third kappa shape index (κ3) is 3.17. The Labute approximate surface area is 132 Å². The molecule has 0 unspecified atom stereocenters. The van der Waals surface area contributed by atoms with E-state index < -0.39 is 5.82 Å². The number of carbonyl (C=O) groups is 1. The highest BCUT2D eigenvalue weighted by molar-refractivity contribution is 6.31. The number of halogens is 2. The summed E-state index contributed by atoms with van der Waals surface area (Å²) in [6.07, 6.45) is 5.41. The summed E-state index contributed by atoms with van der Waals surface area (Å²) in [5.41, 5.74) is 0.753. The van der Waals surface area contributed by atoms with Crippen LogP contribution < -0.4 is 10.2 Å². The van der Waals surface area contributed by atoms with E-state index in [0.29, 0.717) is 11.6 Å². The molecule has 1 aliphatic rings. The van der Waals surface area contributed by atoms with Crippen molar-refractivity contribution in [2.45, 2.75) is 12.8 Å². The maximum atomic E-state index is 13.1. The molecular formula is C15H14ClFN4O. The monoisotopic (exact) mass is 320 g/mol. The van der Waals surface area contributed by atoms with Crippen LogP contribution in [-0.4, -0.2) is 29.0 Å². The van der Waals surface area contributed by atoms with Crippen molar-refractivity contribution in [2.75, 3.05) is 23.3 Å². The van der Waals surface area contributed by atoms with E-state index in [4.69, 9.17) is 11.6 Å². The molecule has 2 heterocycles. The number of anilines is 2. The van der Waals surface area contributed by atoms with Gasteiger partial charge < -0.3 is 10.2 Å². The maximum Gasteiger partial charge on any atom is 0.255 e. The van der Waals surface area contributed by atoms with Crippen molar-refractivity contribution in [2.24, 2.45) is 0 Å². The first kappa shape index (κ1) is 14.7. The fraction of sp³-hybridized carbons (Fsp3) is 0.267. The number of hydrogen-bond donors (Lipinski definition) is 1. The highest BCUT2D eigenvalue weighted by Gasteiger charge is 2.15. The molecule has 1 aromatic heterocycles. The molecule has 1 aromatic carbocycles. The first-order chi connectivity index (χ1) is 10.6. The lowest BCUT2D eigenvalue weighted by molar-refractivity contribution is 0.102. The summed E-state index contributed by atoms with van der Waals surface area (Å²) in [5, 5.41) is 2.57. The second-order valence-electron chi connectivity index (χ2n) is 5.05. The van der Waals surface area contributed by atoms with Crippen molar-refractivity contribution in [3.8, 4) is 0 Å². The van der Waals surface area contributed by atoms with E-state index in [2.05, 4.69) is 20.2 Å². The molecule has 0 atom stereocenters. The lowest BCUT2D eigenvalue weighted by atomic mass is 10.2. The van der Waals surface area contributed by atoms with Crippen LogP contribution in [0.4, 0.5) is 16.0 Å². The van der Waals surface area contributed by atoms with Crippen LogP contribution in [0.25, 0.3) is 0 Å². The van der Waals surface area contributed by atoms with Gasteiger partial charge in [0.15, 0.2) is 0 Å². The molecule has 1 amide bonds. The highest BCUT2D eigenvalue weighted by Crippen LogP contribution is 2.18. The number of amides is 1. The van der Waals surface area contributed by atoms with E-state index in [0.717, 1.165) is 32.0 Å². The molecule has 1 fully saturated rings. The average molecular weight is 321 g/mol. The van der Waals surface area contributed by atoms with Crippen LogP contribution in [0, 0.1) is 5.82 Å². The highest BCUT2D eigenvalue weighted by atomic mass is 35.5. The SMILES string of the molecule is O=C(Nc1cnc(N2CCCC2)nc1)c1ccc(F)c(Cl)c1. The van der Waals surface area contributed by atoms with Gasteiger partial charge in [-0.3, -0.25) is 4.79 Å². The van der Waals surface area contributed by atoms with Gasteiger partial charge in [0.05, 0.1) is 23.1 Å². The van der Waals surface area contributed by atoms with E-state index in [1.807, 2.05) is 0 Å². The molecule has 114 valence electrons. The third-order valence-electron chi connectivity index (χ3n) is 3.47. The van der Waals surface area contributed by atoms with Gasteiger partial charge >= 0.3 is 0 Å².